The monoisotopic (exact) mass is 198 g/mol. The fourth-order valence-electron chi connectivity index (χ4n) is 2.89. The second-order valence-electron chi connectivity index (χ2n) is 4.93. The fourth-order valence-corrected chi connectivity index (χ4v) is 2.89. The minimum Gasteiger partial charge on any atom is -0.363 e. The molecule has 2 aliphatic heterocycles. The zero-order valence-electron chi connectivity index (χ0n) is 8.32. The second-order valence-corrected chi connectivity index (χ2v) is 4.93. The van der Waals surface area contributed by atoms with Crippen molar-refractivity contribution >= 4 is 5.78 Å². The van der Waals surface area contributed by atoms with Gasteiger partial charge in [0.1, 0.15) is 11.4 Å². The molecule has 0 aromatic carbocycles. The molecule has 5 atom stereocenters. The smallest absolute Gasteiger partial charge is 0.198 e. The van der Waals surface area contributed by atoms with Crippen molar-refractivity contribution < 1.29 is 19.4 Å². The number of fused-ring (bicyclic) bond motifs is 2. The van der Waals surface area contributed by atoms with Crippen LogP contribution in [0.2, 0.25) is 0 Å². The van der Waals surface area contributed by atoms with E-state index < -0.39 is 17.7 Å². The third-order valence-corrected chi connectivity index (χ3v) is 4.00. The minimum absolute atomic E-state index is 0.0621. The normalized spacial score (nSPS) is 60.8. The number of hydrogen-bond acceptors (Lipinski definition) is 4. The van der Waals surface area contributed by atoms with E-state index in [1.807, 2.05) is 6.92 Å². The lowest BCUT2D eigenvalue weighted by molar-refractivity contribution is -0.266. The third-order valence-electron chi connectivity index (χ3n) is 4.00. The number of carbonyl (C=O) groups is 1. The first-order valence-corrected chi connectivity index (χ1v) is 5.06. The number of hydrogen-bond donors (Lipinski definition) is 1. The average Bonchev–Trinajstić information content (AvgIpc) is 2.26. The fraction of sp³-hybridized carbons (Fsp3) is 0.900. The summed E-state index contributed by atoms with van der Waals surface area (Å²) in [5.74, 6) is -1.06. The molecule has 0 aromatic rings. The number of ether oxygens (including phenoxy) is 2. The Morgan fingerprint density at radius 1 is 1.50 bits per heavy atom. The molecule has 3 fully saturated rings. The lowest BCUT2D eigenvalue weighted by atomic mass is 9.70. The van der Waals surface area contributed by atoms with Crippen molar-refractivity contribution in [2.75, 3.05) is 0 Å². The van der Waals surface area contributed by atoms with Gasteiger partial charge >= 0.3 is 0 Å². The molecule has 0 amide bonds. The maximum atomic E-state index is 11.8. The van der Waals surface area contributed by atoms with E-state index in [0.717, 1.165) is 0 Å². The zero-order valence-corrected chi connectivity index (χ0v) is 8.32. The van der Waals surface area contributed by atoms with Crippen molar-refractivity contribution in [2.24, 2.45) is 11.8 Å². The molecule has 3 rings (SSSR count). The van der Waals surface area contributed by atoms with Gasteiger partial charge in [-0.2, -0.15) is 0 Å². The lowest BCUT2D eigenvalue weighted by Gasteiger charge is -2.44. The van der Waals surface area contributed by atoms with E-state index in [9.17, 15) is 9.90 Å². The van der Waals surface area contributed by atoms with Crippen LogP contribution in [0.4, 0.5) is 0 Å². The standard InChI is InChI=1S/C10H14O4/c1-5-6-3-10(12)9(2,4-7(6)11)13-8(5)14-10/h5-6,8,12H,3-4H2,1-2H3/t5-,6+,8-,9-,10-/m0/s1. The van der Waals surface area contributed by atoms with Crippen LogP contribution in [0.3, 0.4) is 0 Å². The Kier molecular flexibility index (Phi) is 1.39. The zero-order chi connectivity index (χ0) is 10.1. The molecule has 14 heavy (non-hydrogen) atoms. The van der Waals surface area contributed by atoms with Gasteiger partial charge in [-0.3, -0.25) is 4.79 Å². The highest BCUT2D eigenvalue weighted by Crippen LogP contribution is 2.55. The molecule has 3 bridgehead atoms. The van der Waals surface area contributed by atoms with Gasteiger partial charge in [0, 0.05) is 24.7 Å². The Labute approximate surface area is 82.2 Å². The Hall–Kier alpha value is -0.450. The van der Waals surface area contributed by atoms with Gasteiger partial charge in [-0.05, 0) is 6.92 Å². The molecule has 4 nitrogen and oxygen atoms in total. The van der Waals surface area contributed by atoms with Crippen molar-refractivity contribution in [1.29, 1.82) is 0 Å². The Morgan fingerprint density at radius 2 is 2.21 bits per heavy atom. The van der Waals surface area contributed by atoms with Gasteiger partial charge in [-0.15, -0.1) is 0 Å². The topological polar surface area (TPSA) is 55.8 Å². The highest BCUT2D eigenvalue weighted by molar-refractivity contribution is 5.84. The molecular formula is C10H14O4. The van der Waals surface area contributed by atoms with Gasteiger partial charge in [0.05, 0.1) is 0 Å². The van der Waals surface area contributed by atoms with E-state index in [0.29, 0.717) is 6.42 Å². The van der Waals surface area contributed by atoms with Crippen LogP contribution in [0.5, 0.6) is 0 Å². The molecule has 3 aliphatic rings. The Balaban J connectivity index is 2.11. The van der Waals surface area contributed by atoms with E-state index in [1.165, 1.54) is 0 Å². The van der Waals surface area contributed by atoms with E-state index in [4.69, 9.17) is 9.47 Å². The predicted octanol–water partition coefficient (Wildman–Crippen LogP) is 0.435. The maximum Gasteiger partial charge on any atom is 0.198 e. The third kappa shape index (κ3) is 0.782. The van der Waals surface area contributed by atoms with Crippen LogP contribution in [0.15, 0.2) is 0 Å². The van der Waals surface area contributed by atoms with Gasteiger partial charge in [0.2, 0.25) is 0 Å². The number of carbonyl (C=O) groups excluding carboxylic acids is 1. The van der Waals surface area contributed by atoms with E-state index in [2.05, 4.69) is 0 Å². The molecule has 0 unspecified atom stereocenters. The van der Waals surface area contributed by atoms with Crippen LogP contribution in [-0.2, 0) is 14.3 Å². The second kappa shape index (κ2) is 2.21. The van der Waals surface area contributed by atoms with E-state index in [-0.39, 0.29) is 24.0 Å². The SMILES string of the molecule is C[C@@H]1[C@H]2O[C@@]3(C)CC(=O)[C@@H]1C[C@]3(O)O2. The van der Waals surface area contributed by atoms with Crippen molar-refractivity contribution in [3.8, 4) is 0 Å². The summed E-state index contributed by atoms with van der Waals surface area (Å²) in [6.45, 7) is 3.71. The molecule has 2 heterocycles. The van der Waals surface area contributed by atoms with Gasteiger partial charge in [0.25, 0.3) is 0 Å². The molecule has 0 radical (unpaired) electrons. The summed E-state index contributed by atoms with van der Waals surface area (Å²) < 4.78 is 11.1. The number of rotatable bonds is 0. The van der Waals surface area contributed by atoms with Crippen LogP contribution >= 0.6 is 0 Å². The molecule has 78 valence electrons. The molecule has 1 saturated carbocycles. The van der Waals surface area contributed by atoms with Crippen molar-refractivity contribution in [3.05, 3.63) is 0 Å². The number of ketones is 1. The van der Waals surface area contributed by atoms with Gasteiger partial charge < -0.3 is 14.6 Å². The van der Waals surface area contributed by atoms with E-state index in [1.54, 1.807) is 6.92 Å². The Morgan fingerprint density at radius 3 is 2.93 bits per heavy atom. The van der Waals surface area contributed by atoms with E-state index >= 15 is 0 Å². The predicted molar refractivity (Wildman–Crippen MR) is 46.2 cm³/mol. The van der Waals surface area contributed by atoms with Crippen molar-refractivity contribution in [2.45, 2.75) is 44.4 Å². The van der Waals surface area contributed by atoms with Crippen molar-refractivity contribution in [1.82, 2.24) is 0 Å². The van der Waals surface area contributed by atoms with Gasteiger partial charge in [0.15, 0.2) is 12.1 Å². The van der Waals surface area contributed by atoms with Crippen LogP contribution in [0.1, 0.15) is 26.7 Å². The summed E-state index contributed by atoms with van der Waals surface area (Å²) in [5, 5.41) is 10.2. The summed E-state index contributed by atoms with van der Waals surface area (Å²) in [7, 11) is 0. The summed E-state index contributed by atoms with van der Waals surface area (Å²) in [5.41, 5.74) is -0.823. The van der Waals surface area contributed by atoms with Gasteiger partial charge in [-0.1, -0.05) is 6.92 Å². The van der Waals surface area contributed by atoms with Crippen molar-refractivity contribution in [3.63, 3.8) is 0 Å². The molecule has 4 heteroatoms. The van der Waals surface area contributed by atoms with Crippen LogP contribution in [0.25, 0.3) is 0 Å². The summed E-state index contributed by atoms with van der Waals surface area (Å²) >= 11 is 0. The lowest BCUT2D eigenvalue weighted by Crippen LogP contribution is -2.58. The summed E-state index contributed by atoms with van der Waals surface area (Å²) in [4.78, 5) is 11.8. The quantitative estimate of drug-likeness (QED) is 0.613. The highest BCUT2D eigenvalue weighted by Gasteiger charge is 2.68. The first-order chi connectivity index (χ1) is 6.45. The Bertz CT molecular complexity index is 315. The molecule has 1 aliphatic carbocycles. The largest absolute Gasteiger partial charge is 0.363 e. The van der Waals surface area contributed by atoms with Crippen LogP contribution in [-0.4, -0.2) is 28.6 Å². The molecule has 0 aromatic heterocycles. The first-order valence-electron chi connectivity index (χ1n) is 5.06. The van der Waals surface area contributed by atoms with Crippen LogP contribution < -0.4 is 0 Å². The minimum atomic E-state index is -1.23. The average molecular weight is 198 g/mol. The maximum absolute atomic E-state index is 11.8. The number of aliphatic hydroxyl groups is 1. The van der Waals surface area contributed by atoms with Crippen LogP contribution in [0, 0.1) is 11.8 Å². The molecule has 0 spiro atoms. The summed E-state index contributed by atoms with van der Waals surface area (Å²) in [6.07, 6.45) is 0.254. The number of Topliss-reactive ketones (excluding diaryl/α,β-unsaturated/α-hetero) is 1. The molecule has 1 N–H and O–H groups in total. The highest BCUT2D eigenvalue weighted by atomic mass is 16.8. The molecule has 2 saturated heterocycles. The van der Waals surface area contributed by atoms with Gasteiger partial charge in [-0.25, -0.2) is 0 Å². The first kappa shape index (κ1) is 8.83. The summed E-state index contributed by atoms with van der Waals surface area (Å²) in [6, 6.07) is 0. The molecular weight excluding hydrogens is 184 g/mol.